The molecule has 0 bridgehead atoms. The number of hydrogen-bond donors (Lipinski definition) is 1. The lowest BCUT2D eigenvalue weighted by Crippen LogP contribution is -2.12. The van der Waals surface area contributed by atoms with Crippen molar-refractivity contribution < 1.29 is 23.4 Å². The molecule has 0 aliphatic carbocycles. The second-order valence-corrected chi connectivity index (χ2v) is 3.14. The molecule has 0 amide bonds. The number of carbonyl (C=O) groups is 1. The number of carbonyl (C=O) groups excluding carboxylic acids is 1. The predicted molar refractivity (Wildman–Crippen MR) is 52.6 cm³/mol. The first-order valence-corrected chi connectivity index (χ1v) is 5.11. The molecule has 1 N–H and O–H groups in total. The molecule has 0 aliphatic heterocycles. The van der Waals surface area contributed by atoms with Crippen LogP contribution >= 0.6 is 0 Å². The number of aliphatic hydroxyl groups excluding tert-OH is 1. The fourth-order valence-corrected chi connectivity index (χ4v) is 1.27. The molecule has 0 spiro atoms. The highest BCUT2D eigenvalue weighted by Gasteiger charge is 2.27. The summed E-state index contributed by atoms with van der Waals surface area (Å²) in [6, 6.07) is 0. The number of aliphatic hydroxyl groups is 1. The van der Waals surface area contributed by atoms with Crippen molar-refractivity contribution in [1.29, 1.82) is 0 Å². The average Bonchev–Trinajstić information content (AvgIpc) is 2.70. The zero-order valence-electron chi connectivity index (χ0n) is 9.27. The van der Waals surface area contributed by atoms with Crippen molar-refractivity contribution in [3.63, 3.8) is 0 Å². The van der Waals surface area contributed by atoms with Gasteiger partial charge >= 0.3 is 5.97 Å². The number of alkyl halides is 2. The normalized spacial score (nSPS) is 10.9. The Bertz CT molecular complexity index is 382. The lowest BCUT2D eigenvalue weighted by molar-refractivity contribution is 0.0506. The van der Waals surface area contributed by atoms with Crippen molar-refractivity contribution in [1.82, 2.24) is 15.0 Å². The highest BCUT2D eigenvalue weighted by Crippen LogP contribution is 2.22. The number of rotatable bonds is 6. The molecule has 1 aromatic rings. The molecule has 1 aromatic heterocycles. The molecule has 0 aliphatic rings. The van der Waals surface area contributed by atoms with Crippen LogP contribution in [0.25, 0.3) is 0 Å². The molecule has 1 rings (SSSR count). The fraction of sp³-hybridized carbons (Fsp3) is 0.667. The summed E-state index contributed by atoms with van der Waals surface area (Å²) in [6.07, 6.45) is -2.62. The van der Waals surface area contributed by atoms with E-state index in [0.29, 0.717) is 0 Å². The van der Waals surface area contributed by atoms with Crippen LogP contribution in [-0.4, -0.2) is 39.3 Å². The summed E-state index contributed by atoms with van der Waals surface area (Å²) in [4.78, 5) is 11.3. The molecule has 96 valence electrons. The van der Waals surface area contributed by atoms with E-state index in [2.05, 4.69) is 15.0 Å². The van der Waals surface area contributed by atoms with Gasteiger partial charge in [0, 0.05) is 13.2 Å². The summed E-state index contributed by atoms with van der Waals surface area (Å²) in [5, 5.41) is 15.5. The lowest BCUT2D eigenvalue weighted by Gasteiger charge is -2.05. The Labute approximate surface area is 96.2 Å². The first-order valence-electron chi connectivity index (χ1n) is 5.11. The van der Waals surface area contributed by atoms with Gasteiger partial charge in [0.25, 0.3) is 6.43 Å². The minimum atomic E-state index is -2.87. The number of ether oxygens (including phenoxy) is 1. The Morgan fingerprint density at radius 1 is 1.59 bits per heavy atom. The predicted octanol–water partition coefficient (Wildman–Crippen LogP) is 0.775. The summed E-state index contributed by atoms with van der Waals surface area (Å²) < 4.78 is 31.1. The summed E-state index contributed by atoms with van der Waals surface area (Å²) in [5.74, 6) is -0.918. The molecular formula is C9H13F2N3O3. The standard InChI is InChI=1S/C9H13F2N3O3/c1-2-17-9(16)6-7(8(10)11)14(13-12-6)4-3-5-15/h8,15H,2-5H2,1H3. The van der Waals surface area contributed by atoms with E-state index in [1.54, 1.807) is 6.92 Å². The number of esters is 1. The molecule has 17 heavy (non-hydrogen) atoms. The molecule has 0 atom stereocenters. The van der Waals surface area contributed by atoms with Crippen molar-refractivity contribution in [2.45, 2.75) is 26.3 Å². The van der Waals surface area contributed by atoms with Gasteiger partial charge < -0.3 is 9.84 Å². The van der Waals surface area contributed by atoms with E-state index in [1.807, 2.05) is 0 Å². The summed E-state index contributed by atoms with van der Waals surface area (Å²) >= 11 is 0. The van der Waals surface area contributed by atoms with Crippen molar-refractivity contribution in [3.8, 4) is 0 Å². The summed E-state index contributed by atoms with van der Waals surface area (Å²) in [7, 11) is 0. The molecule has 0 saturated heterocycles. The largest absolute Gasteiger partial charge is 0.461 e. The molecule has 0 fully saturated rings. The third-order valence-corrected chi connectivity index (χ3v) is 1.98. The van der Waals surface area contributed by atoms with Crippen LogP contribution in [0.4, 0.5) is 8.78 Å². The number of halogens is 2. The van der Waals surface area contributed by atoms with E-state index in [1.165, 1.54) is 0 Å². The molecule has 6 nitrogen and oxygen atoms in total. The van der Waals surface area contributed by atoms with E-state index in [4.69, 9.17) is 5.11 Å². The first-order chi connectivity index (χ1) is 8.11. The number of nitrogens with zero attached hydrogens (tertiary/aromatic N) is 3. The van der Waals surface area contributed by atoms with E-state index in [9.17, 15) is 13.6 Å². The maximum atomic E-state index is 12.8. The van der Waals surface area contributed by atoms with Crippen LogP contribution in [0.2, 0.25) is 0 Å². The van der Waals surface area contributed by atoms with Gasteiger partial charge in [-0.25, -0.2) is 18.3 Å². The molecule has 0 saturated carbocycles. The highest BCUT2D eigenvalue weighted by molar-refractivity contribution is 5.88. The quantitative estimate of drug-likeness (QED) is 0.754. The number of aromatic nitrogens is 3. The third-order valence-electron chi connectivity index (χ3n) is 1.98. The third kappa shape index (κ3) is 3.19. The Morgan fingerprint density at radius 3 is 2.82 bits per heavy atom. The zero-order chi connectivity index (χ0) is 12.8. The van der Waals surface area contributed by atoms with Crippen LogP contribution in [0.1, 0.15) is 36.0 Å². The Balaban J connectivity index is 2.97. The molecule has 0 aromatic carbocycles. The summed E-state index contributed by atoms with van der Waals surface area (Å²) in [6.45, 7) is 1.56. The van der Waals surface area contributed by atoms with Gasteiger partial charge in [-0.15, -0.1) is 5.10 Å². The first kappa shape index (κ1) is 13.5. The average molecular weight is 249 g/mol. The van der Waals surface area contributed by atoms with Gasteiger partial charge in [-0.2, -0.15) is 0 Å². The van der Waals surface area contributed by atoms with Gasteiger partial charge in [-0.05, 0) is 13.3 Å². The van der Waals surface area contributed by atoms with Crippen LogP contribution in [-0.2, 0) is 11.3 Å². The summed E-state index contributed by atoms with van der Waals surface area (Å²) in [5.41, 5.74) is -1.04. The number of aryl methyl sites for hydroxylation is 1. The monoisotopic (exact) mass is 249 g/mol. The Kier molecular flexibility index (Phi) is 4.95. The maximum absolute atomic E-state index is 12.8. The van der Waals surface area contributed by atoms with Gasteiger partial charge in [0.05, 0.1) is 6.61 Å². The maximum Gasteiger partial charge on any atom is 0.361 e. The van der Waals surface area contributed by atoms with Crippen molar-refractivity contribution in [3.05, 3.63) is 11.4 Å². The van der Waals surface area contributed by atoms with Crippen LogP contribution in [0, 0.1) is 0 Å². The van der Waals surface area contributed by atoms with E-state index < -0.39 is 23.8 Å². The van der Waals surface area contributed by atoms with Crippen molar-refractivity contribution >= 4 is 5.97 Å². The molecular weight excluding hydrogens is 236 g/mol. The van der Waals surface area contributed by atoms with E-state index in [0.717, 1.165) is 4.68 Å². The minimum absolute atomic E-state index is 0.0720. The van der Waals surface area contributed by atoms with E-state index in [-0.39, 0.29) is 26.2 Å². The highest BCUT2D eigenvalue weighted by atomic mass is 19.3. The number of hydrogen-bond acceptors (Lipinski definition) is 5. The van der Waals surface area contributed by atoms with Gasteiger partial charge in [-0.1, -0.05) is 5.21 Å². The topological polar surface area (TPSA) is 77.2 Å². The lowest BCUT2D eigenvalue weighted by atomic mass is 10.3. The van der Waals surface area contributed by atoms with Crippen LogP contribution < -0.4 is 0 Å². The van der Waals surface area contributed by atoms with Gasteiger partial charge in [-0.3, -0.25) is 0 Å². The smallest absolute Gasteiger partial charge is 0.361 e. The second-order valence-electron chi connectivity index (χ2n) is 3.14. The van der Waals surface area contributed by atoms with Gasteiger partial charge in [0.2, 0.25) is 0 Å². The van der Waals surface area contributed by atoms with Crippen LogP contribution in [0.5, 0.6) is 0 Å². The minimum Gasteiger partial charge on any atom is -0.461 e. The fourth-order valence-electron chi connectivity index (χ4n) is 1.27. The Morgan fingerprint density at radius 2 is 2.29 bits per heavy atom. The van der Waals surface area contributed by atoms with Crippen LogP contribution in [0.3, 0.4) is 0 Å². The van der Waals surface area contributed by atoms with Crippen LogP contribution in [0.15, 0.2) is 0 Å². The zero-order valence-corrected chi connectivity index (χ0v) is 9.27. The molecule has 0 radical (unpaired) electrons. The van der Waals surface area contributed by atoms with Gasteiger partial charge in [0.15, 0.2) is 5.69 Å². The molecule has 8 heteroatoms. The van der Waals surface area contributed by atoms with Crippen molar-refractivity contribution in [2.75, 3.05) is 13.2 Å². The van der Waals surface area contributed by atoms with Gasteiger partial charge in [0.1, 0.15) is 5.69 Å². The second kappa shape index (κ2) is 6.24. The molecule has 0 unspecified atom stereocenters. The Hall–Kier alpha value is -1.57. The van der Waals surface area contributed by atoms with Crippen molar-refractivity contribution in [2.24, 2.45) is 0 Å². The molecule has 1 heterocycles. The van der Waals surface area contributed by atoms with E-state index >= 15 is 0 Å². The SMILES string of the molecule is CCOC(=O)c1nnn(CCCO)c1C(F)F.